The fourth-order valence-electron chi connectivity index (χ4n) is 2.19. The van der Waals surface area contributed by atoms with Crippen molar-refractivity contribution in [1.29, 1.82) is 0 Å². The molecule has 0 bridgehead atoms. The van der Waals surface area contributed by atoms with Crippen LogP contribution in [0.5, 0.6) is 0 Å². The van der Waals surface area contributed by atoms with Gasteiger partial charge < -0.3 is 5.11 Å². The van der Waals surface area contributed by atoms with E-state index in [0.717, 1.165) is 23.5 Å². The molecule has 0 amide bonds. The van der Waals surface area contributed by atoms with Crippen LogP contribution in [0.4, 0.5) is 0 Å². The Balaban J connectivity index is 2.07. The minimum absolute atomic E-state index is 0.00666. The number of carbonyl (C=O) groups is 1. The van der Waals surface area contributed by atoms with Gasteiger partial charge in [0.2, 0.25) is 5.16 Å². The highest BCUT2D eigenvalue weighted by Crippen LogP contribution is 2.32. The van der Waals surface area contributed by atoms with Gasteiger partial charge in [0.15, 0.2) is 5.82 Å². The van der Waals surface area contributed by atoms with E-state index in [2.05, 4.69) is 15.3 Å². The molecular weight excluding hydrogens is 288 g/mol. The van der Waals surface area contributed by atoms with E-state index in [1.165, 1.54) is 11.8 Å². The molecule has 1 atom stereocenters. The van der Waals surface area contributed by atoms with Crippen molar-refractivity contribution in [2.75, 3.05) is 0 Å². The summed E-state index contributed by atoms with van der Waals surface area (Å²) in [7, 11) is 0. The average molecular weight is 302 g/mol. The molecule has 1 aliphatic rings. The maximum atomic E-state index is 11.1. The van der Waals surface area contributed by atoms with Crippen LogP contribution in [0.25, 0.3) is 0 Å². The minimum Gasteiger partial charge on any atom is -0.481 e. The molecule has 3 rings (SSSR count). The van der Waals surface area contributed by atoms with Crippen molar-refractivity contribution in [1.82, 2.24) is 14.9 Å². The number of nitrogens with zero attached hydrogens (tertiary/aromatic N) is 4. The smallest absolute Gasteiger partial charge is 0.304 e. The predicted molar refractivity (Wildman–Crippen MR) is 79.7 cm³/mol. The third-order valence-electron chi connectivity index (χ3n) is 3.18. The molecule has 2 heterocycles. The lowest BCUT2D eigenvalue weighted by molar-refractivity contribution is -0.136. The lowest BCUT2D eigenvalue weighted by Gasteiger charge is -2.21. The first-order valence-corrected chi connectivity index (χ1v) is 7.54. The lowest BCUT2D eigenvalue weighted by Crippen LogP contribution is -2.27. The van der Waals surface area contributed by atoms with Crippen molar-refractivity contribution in [2.45, 2.75) is 30.2 Å². The van der Waals surface area contributed by atoms with Gasteiger partial charge in [-0.05, 0) is 5.56 Å². The molecule has 0 unspecified atom stereocenters. The van der Waals surface area contributed by atoms with Crippen LogP contribution < -0.4 is 0 Å². The third-order valence-corrected chi connectivity index (χ3v) is 4.32. The third kappa shape index (κ3) is 2.69. The van der Waals surface area contributed by atoms with Crippen molar-refractivity contribution in [3.05, 3.63) is 41.7 Å². The Labute approximate surface area is 125 Å². The number of rotatable bonds is 4. The first-order chi connectivity index (χ1) is 10.2. The summed E-state index contributed by atoms with van der Waals surface area (Å²) in [5.41, 5.74) is 1.68. The van der Waals surface area contributed by atoms with E-state index in [1.54, 1.807) is 4.68 Å². The molecule has 1 aliphatic heterocycles. The summed E-state index contributed by atoms with van der Waals surface area (Å²) in [6.45, 7) is 1.99. The Morgan fingerprint density at radius 1 is 1.33 bits per heavy atom. The average Bonchev–Trinajstić information content (AvgIpc) is 2.88. The van der Waals surface area contributed by atoms with Crippen LogP contribution in [0.3, 0.4) is 0 Å². The van der Waals surface area contributed by atoms with Gasteiger partial charge in [0.1, 0.15) is 0 Å². The van der Waals surface area contributed by atoms with Crippen LogP contribution >= 0.6 is 11.8 Å². The molecule has 21 heavy (non-hydrogen) atoms. The number of aliphatic carboxylic acids is 1. The van der Waals surface area contributed by atoms with Crippen LogP contribution in [0.15, 0.2) is 40.6 Å². The van der Waals surface area contributed by atoms with Gasteiger partial charge in [0, 0.05) is 6.42 Å². The quantitative estimate of drug-likeness (QED) is 0.935. The second-order valence-corrected chi connectivity index (χ2v) is 5.79. The molecule has 0 saturated carbocycles. The normalized spacial score (nSPS) is 17.2. The van der Waals surface area contributed by atoms with E-state index in [1.807, 2.05) is 37.3 Å². The maximum absolute atomic E-state index is 11.1. The summed E-state index contributed by atoms with van der Waals surface area (Å²) in [6, 6.07) is 9.64. The number of aryl methyl sites for hydroxylation is 1. The van der Waals surface area contributed by atoms with Gasteiger partial charge in [-0.15, -0.1) is 10.2 Å². The molecule has 1 N–H and O–H groups in total. The highest BCUT2D eigenvalue weighted by molar-refractivity contribution is 8.00. The topological polar surface area (TPSA) is 80.4 Å². The van der Waals surface area contributed by atoms with Crippen molar-refractivity contribution in [3.63, 3.8) is 0 Å². The fraction of sp³-hybridized carbons (Fsp3) is 0.286. The number of carboxylic acids is 1. The zero-order chi connectivity index (χ0) is 14.8. The van der Waals surface area contributed by atoms with Gasteiger partial charge in [-0.2, -0.15) is 9.78 Å². The summed E-state index contributed by atoms with van der Waals surface area (Å²) < 4.78 is 1.71. The van der Waals surface area contributed by atoms with Gasteiger partial charge in [-0.25, -0.2) is 0 Å². The van der Waals surface area contributed by atoms with E-state index in [9.17, 15) is 4.79 Å². The SMILES string of the molecule is CCc1nnc2n1N=C(c1ccccc1)[C@H](CC(=O)O)S2. The number of thioether (sulfide) groups is 1. The Hall–Kier alpha value is -2.15. The van der Waals surface area contributed by atoms with Gasteiger partial charge >= 0.3 is 5.97 Å². The van der Waals surface area contributed by atoms with E-state index in [4.69, 9.17) is 5.11 Å². The number of hydrogen-bond donors (Lipinski definition) is 1. The van der Waals surface area contributed by atoms with E-state index < -0.39 is 5.97 Å². The number of benzene rings is 1. The summed E-state index contributed by atoms with van der Waals surface area (Å²) in [5, 5.41) is 22.3. The van der Waals surface area contributed by atoms with Gasteiger partial charge in [-0.1, -0.05) is 49.0 Å². The Bertz CT molecular complexity index is 696. The van der Waals surface area contributed by atoms with Crippen molar-refractivity contribution in [2.24, 2.45) is 5.10 Å². The second kappa shape index (κ2) is 5.69. The molecule has 0 fully saturated rings. The first kappa shape index (κ1) is 13.8. The zero-order valence-corrected chi connectivity index (χ0v) is 12.2. The van der Waals surface area contributed by atoms with Crippen LogP contribution in [-0.4, -0.2) is 36.9 Å². The highest BCUT2D eigenvalue weighted by Gasteiger charge is 2.30. The number of carboxylic acid groups (broad SMARTS) is 1. The Kier molecular flexibility index (Phi) is 3.74. The first-order valence-electron chi connectivity index (χ1n) is 6.66. The fourth-order valence-corrected chi connectivity index (χ4v) is 3.30. The van der Waals surface area contributed by atoms with Crippen LogP contribution in [-0.2, 0) is 11.2 Å². The molecule has 6 nitrogen and oxygen atoms in total. The van der Waals surface area contributed by atoms with Crippen molar-refractivity contribution < 1.29 is 9.90 Å². The summed E-state index contributed by atoms with van der Waals surface area (Å²) in [5.74, 6) is -0.0699. The van der Waals surface area contributed by atoms with Gasteiger partial charge in [-0.3, -0.25) is 4.79 Å². The van der Waals surface area contributed by atoms with Gasteiger partial charge in [0.25, 0.3) is 0 Å². The van der Waals surface area contributed by atoms with E-state index in [-0.39, 0.29) is 11.7 Å². The molecule has 108 valence electrons. The molecule has 1 aromatic heterocycles. The maximum Gasteiger partial charge on any atom is 0.304 e. The Morgan fingerprint density at radius 3 is 2.76 bits per heavy atom. The summed E-state index contributed by atoms with van der Waals surface area (Å²) >= 11 is 1.40. The van der Waals surface area contributed by atoms with Crippen LogP contribution in [0.2, 0.25) is 0 Å². The molecule has 0 aliphatic carbocycles. The number of fused-ring (bicyclic) bond motifs is 1. The molecule has 1 aromatic carbocycles. The largest absolute Gasteiger partial charge is 0.481 e. The molecule has 0 saturated heterocycles. The Morgan fingerprint density at radius 2 is 2.10 bits per heavy atom. The van der Waals surface area contributed by atoms with Crippen molar-refractivity contribution in [3.8, 4) is 0 Å². The summed E-state index contributed by atoms with van der Waals surface area (Å²) in [6.07, 6.45) is 0.732. The molecule has 0 spiro atoms. The molecule has 2 aromatic rings. The minimum atomic E-state index is -0.847. The zero-order valence-electron chi connectivity index (χ0n) is 11.4. The molecule has 0 radical (unpaired) electrons. The predicted octanol–water partition coefficient (Wildman–Crippen LogP) is 2.04. The lowest BCUT2D eigenvalue weighted by atomic mass is 10.1. The highest BCUT2D eigenvalue weighted by atomic mass is 32.2. The van der Waals surface area contributed by atoms with E-state index in [0.29, 0.717) is 5.16 Å². The standard InChI is InChI=1S/C14H14N4O2S/c1-2-11-15-16-14-18(11)17-13(9-6-4-3-5-7-9)10(21-14)8-12(19)20/h3-7,10H,2,8H2,1H3,(H,19,20)/t10-/m0/s1. The van der Waals surface area contributed by atoms with Crippen molar-refractivity contribution >= 4 is 23.4 Å². The van der Waals surface area contributed by atoms with Crippen LogP contribution in [0.1, 0.15) is 24.7 Å². The molecule has 7 heteroatoms. The monoisotopic (exact) mass is 302 g/mol. The number of hydrogen-bond acceptors (Lipinski definition) is 5. The summed E-state index contributed by atoms with van der Waals surface area (Å²) in [4.78, 5) is 11.1. The second-order valence-electron chi connectivity index (χ2n) is 4.62. The van der Waals surface area contributed by atoms with Gasteiger partial charge in [0.05, 0.1) is 17.4 Å². The van der Waals surface area contributed by atoms with Crippen LogP contribution in [0, 0.1) is 0 Å². The number of aromatic nitrogens is 3. The molecular formula is C14H14N4O2S. The van der Waals surface area contributed by atoms with E-state index >= 15 is 0 Å².